The zero-order valence-corrected chi connectivity index (χ0v) is 23.8. The van der Waals surface area contributed by atoms with Gasteiger partial charge in [-0.25, -0.2) is 9.59 Å². The van der Waals surface area contributed by atoms with Gasteiger partial charge in [0.05, 0.1) is 0 Å². The summed E-state index contributed by atoms with van der Waals surface area (Å²) in [5, 5.41) is 28.2. The summed E-state index contributed by atoms with van der Waals surface area (Å²) in [6.07, 6.45) is -5.40. The topological polar surface area (TPSA) is 213 Å². The molecule has 3 amide bonds. The molecular formula is C30H31F3N4O8. The Morgan fingerprint density at radius 3 is 2.07 bits per heavy atom. The summed E-state index contributed by atoms with van der Waals surface area (Å²) in [7, 11) is 0. The maximum Gasteiger partial charge on any atom is 0.490 e. The number of nitrogens with zero attached hydrogens (tertiary/aromatic N) is 1. The van der Waals surface area contributed by atoms with E-state index in [-0.39, 0.29) is 5.91 Å². The smallest absolute Gasteiger partial charge is 0.479 e. The van der Waals surface area contributed by atoms with E-state index in [1.807, 2.05) is 6.07 Å². The Kier molecular flexibility index (Phi) is 12.8. The summed E-state index contributed by atoms with van der Waals surface area (Å²) in [4.78, 5) is 56.8. The highest BCUT2D eigenvalue weighted by Crippen LogP contribution is 2.29. The zero-order chi connectivity index (χ0) is 33.9. The van der Waals surface area contributed by atoms with E-state index < -0.39 is 42.1 Å². The number of alkyl halides is 3. The van der Waals surface area contributed by atoms with Crippen LogP contribution in [0.3, 0.4) is 0 Å². The van der Waals surface area contributed by atoms with Crippen LogP contribution in [0.4, 0.5) is 18.9 Å². The van der Waals surface area contributed by atoms with Crippen molar-refractivity contribution in [3.8, 4) is 0 Å². The van der Waals surface area contributed by atoms with Gasteiger partial charge in [-0.3, -0.25) is 14.4 Å². The number of hydrogen-bond donors (Lipinski definition) is 6. The molecule has 0 aliphatic carbocycles. The Balaban J connectivity index is 0.000000263. The lowest BCUT2D eigenvalue weighted by Crippen LogP contribution is -2.36. The number of anilines is 1. The van der Waals surface area contributed by atoms with Gasteiger partial charge in [-0.2, -0.15) is 13.2 Å². The molecule has 0 aromatic heterocycles. The first-order chi connectivity index (χ1) is 21.1. The van der Waals surface area contributed by atoms with Crippen molar-refractivity contribution in [2.75, 3.05) is 11.4 Å². The summed E-state index contributed by atoms with van der Waals surface area (Å²) in [6, 6.07) is 19.3. The number of halogens is 3. The average Bonchev–Trinajstić information content (AvgIpc) is 3.43. The van der Waals surface area contributed by atoms with E-state index in [0.717, 1.165) is 17.5 Å². The predicted molar refractivity (Wildman–Crippen MR) is 155 cm³/mol. The summed E-state index contributed by atoms with van der Waals surface area (Å²) in [5.74, 6) is -5.19. The van der Waals surface area contributed by atoms with E-state index in [1.165, 1.54) is 11.8 Å². The molecule has 1 aliphatic rings. The highest BCUT2D eigenvalue weighted by atomic mass is 19.4. The quantitative estimate of drug-likeness (QED) is 0.225. The van der Waals surface area contributed by atoms with Gasteiger partial charge >= 0.3 is 18.1 Å². The highest BCUT2D eigenvalue weighted by Gasteiger charge is 2.38. The first kappa shape index (κ1) is 35.9. The van der Waals surface area contributed by atoms with E-state index >= 15 is 0 Å². The first-order valence-corrected chi connectivity index (χ1v) is 13.2. The fourth-order valence-electron chi connectivity index (χ4n) is 3.97. The van der Waals surface area contributed by atoms with Crippen LogP contribution < -0.4 is 21.7 Å². The lowest BCUT2D eigenvalue weighted by Gasteiger charge is -2.19. The van der Waals surface area contributed by atoms with Crippen molar-refractivity contribution in [1.29, 1.82) is 0 Å². The third kappa shape index (κ3) is 10.4. The molecule has 0 saturated heterocycles. The van der Waals surface area contributed by atoms with Gasteiger partial charge in [0, 0.05) is 29.9 Å². The van der Waals surface area contributed by atoms with Crippen LogP contribution in [-0.4, -0.2) is 63.8 Å². The Bertz CT molecular complexity index is 1530. The summed E-state index contributed by atoms with van der Waals surface area (Å²) < 4.78 is 31.7. The van der Waals surface area contributed by atoms with Crippen LogP contribution in [0.1, 0.15) is 50.4 Å². The molecular weight excluding hydrogens is 601 g/mol. The van der Waals surface area contributed by atoms with Crippen molar-refractivity contribution in [2.24, 2.45) is 11.5 Å². The number of hydrogen-bond acceptors (Lipinski definition) is 7. The van der Waals surface area contributed by atoms with Crippen molar-refractivity contribution in [2.45, 2.75) is 38.2 Å². The van der Waals surface area contributed by atoms with Gasteiger partial charge in [-0.05, 0) is 54.3 Å². The minimum atomic E-state index is -5.08. The molecule has 12 nitrogen and oxygen atoms in total. The number of benzene rings is 3. The van der Waals surface area contributed by atoms with Crippen molar-refractivity contribution in [3.05, 3.63) is 101 Å². The van der Waals surface area contributed by atoms with Gasteiger partial charge in [-0.15, -0.1) is 0 Å². The number of carboxylic acids is 2. The van der Waals surface area contributed by atoms with Crippen molar-refractivity contribution < 1.29 is 52.5 Å². The number of aliphatic hydroxyl groups is 1. The molecule has 0 fully saturated rings. The second kappa shape index (κ2) is 16.0. The fourth-order valence-corrected chi connectivity index (χ4v) is 3.97. The van der Waals surface area contributed by atoms with Gasteiger partial charge in [0.25, 0.3) is 11.8 Å². The molecule has 4 rings (SSSR count). The van der Waals surface area contributed by atoms with Gasteiger partial charge in [-0.1, -0.05) is 48.5 Å². The number of nitrogens with two attached hydrogens (primary N) is 2. The number of primary amides is 1. The van der Waals surface area contributed by atoms with Crippen LogP contribution in [-0.2, 0) is 27.3 Å². The fraction of sp³-hybridized carbons (Fsp3) is 0.233. The number of aliphatic carboxylic acids is 2. The van der Waals surface area contributed by atoms with Gasteiger partial charge in [0.2, 0.25) is 5.91 Å². The monoisotopic (exact) mass is 632 g/mol. The molecule has 0 spiro atoms. The Hall–Kier alpha value is -5.28. The zero-order valence-electron chi connectivity index (χ0n) is 23.8. The molecule has 15 heteroatoms. The normalized spacial score (nSPS) is 13.1. The standard InChI is InChI=1S/C16H16N2O3.C12H14N2O3.C2HF3O2/c17-10-11-5-4-8-13(9-11)15(19)18-14(16(20)21)12-6-2-1-3-7-12;1-7(15)12(17)14-5-4-8-2-3-9(11(13)16)6-10(8)14;3-2(4,5)1(6)7/h1-9,14H,10,17H2,(H,18,19)(H,20,21);2-3,6-7,15H,4-5H2,1H3,(H2,13,16);(H,6,7)/t14-;7-;/m10./s1. The number of aliphatic hydroxyl groups excluding tert-OH is 1. The van der Waals surface area contributed by atoms with Gasteiger partial charge < -0.3 is 37.0 Å². The van der Waals surface area contributed by atoms with Crippen LogP contribution in [0.25, 0.3) is 0 Å². The van der Waals surface area contributed by atoms with E-state index in [1.54, 1.807) is 66.7 Å². The van der Waals surface area contributed by atoms with Crippen molar-refractivity contribution >= 4 is 35.3 Å². The molecule has 0 bridgehead atoms. The lowest BCUT2D eigenvalue weighted by molar-refractivity contribution is -0.192. The van der Waals surface area contributed by atoms with Crippen molar-refractivity contribution in [1.82, 2.24) is 5.32 Å². The molecule has 45 heavy (non-hydrogen) atoms. The summed E-state index contributed by atoms with van der Waals surface area (Å²) >= 11 is 0. The molecule has 1 aliphatic heterocycles. The molecule has 0 radical (unpaired) electrons. The van der Waals surface area contributed by atoms with Crippen molar-refractivity contribution in [3.63, 3.8) is 0 Å². The van der Waals surface area contributed by atoms with Crippen LogP contribution in [0, 0.1) is 0 Å². The van der Waals surface area contributed by atoms with E-state index in [9.17, 15) is 42.6 Å². The number of amides is 3. The van der Waals surface area contributed by atoms with Crippen LogP contribution in [0.2, 0.25) is 0 Å². The van der Waals surface area contributed by atoms with Crippen LogP contribution >= 0.6 is 0 Å². The minimum absolute atomic E-state index is 0.322. The predicted octanol–water partition coefficient (Wildman–Crippen LogP) is 2.39. The molecule has 0 unspecified atom stereocenters. The molecule has 0 saturated carbocycles. The summed E-state index contributed by atoms with van der Waals surface area (Å²) in [6.45, 7) is 2.28. The second-order valence-electron chi connectivity index (χ2n) is 9.49. The largest absolute Gasteiger partial charge is 0.490 e. The number of fused-ring (bicyclic) bond motifs is 1. The lowest BCUT2D eigenvalue weighted by atomic mass is 10.1. The highest BCUT2D eigenvalue weighted by molar-refractivity contribution is 6.00. The third-order valence-corrected chi connectivity index (χ3v) is 6.21. The van der Waals surface area contributed by atoms with E-state index in [0.29, 0.717) is 35.5 Å². The number of carbonyl (C=O) groups is 5. The van der Waals surface area contributed by atoms with Crippen LogP contribution in [0.5, 0.6) is 0 Å². The number of carboxylic acid groups (broad SMARTS) is 2. The SMILES string of the molecule is C[C@H](O)C(=O)N1CCc2ccc(C(N)=O)cc21.NCc1cccc(C(=O)N[C@@H](C(=O)O)c2ccccc2)c1.O=C(O)C(F)(F)F. The molecule has 1 heterocycles. The Morgan fingerprint density at radius 1 is 0.933 bits per heavy atom. The van der Waals surface area contributed by atoms with E-state index in [4.69, 9.17) is 21.4 Å². The molecule has 240 valence electrons. The minimum Gasteiger partial charge on any atom is -0.479 e. The average molecular weight is 633 g/mol. The Morgan fingerprint density at radius 2 is 1.56 bits per heavy atom. The number of rotatable bonds is 7. The molecule has 3 aromatic carbocycles. The maximum atomic E-state index is 12.2. The van der Waals surface area contributed by atoms with E-state index in [2.05, 4.69) is 5.32 Å². The van der Waals surface area contributed by atoms with Gasteiger partial charge in [0.15, 0.2) is 6.04 Å². The van der Waals surface area contributed by atoms with Crippen LogP contribution in [0.15, 0.2) is 72.8 Å². The molecule has 8 N–H and O–H groups in total. The number of carbonyl (C=O) groups excluding carboxylic acids is 3. The second-order valence-corrected chi connectivity index (χ2v) is 9.49. The third-order valence-electron chi connectivity index (χ3n) is 6.21. The van der Waals surface area contributed by atoms with Gasteiger partial charge in [0.1, 0.15) is 6.10 Å². The number of nitrogens with one attached hydrogen (secondary N) is 1. The first-order valence-electron chi connectivity index (χ1n) is 13.2. The maximum absolute atomic E-state index is 12.2. The molecule has 3 aromatic rings. The Labute approximate surface area is 255 Å². The molecule has 2 atom stereocenters. The summed E-state index contributed by atoms with van der Waals surface area (Å²) in [5.41, 5.74) is 14.5.